The third-order valence-electron chi connectivity index (χ3n) is 3.92. The zero-order chi connectivity index (χ0) is 14.0. The van der Waals surface area contributed by atoms with Crippen LogP contribution in [0.1, 0.15) is 44.3 Å². The van der Waals surface area contributed by atoms with E-state index in [0.29, 0.717) is 12.1 Å². The van der Waals surface area contributed by atoms with Crippen LogP contribution in [-0.4, -0.2) is 29.4 Å². The largest absolute Gasteiger partial charge is 0.389 e. The molecule has 2 N–H and O–H groups in total. The van der Waals surface area contributed by atoms with E-state index in [0.717, 1.165) is 31.4 Å². The Morgan fingerprint density at radius 2 is 2.00 bits per heavy atom. The number of aliphatic hydroxyl groups is 2. The highest BCUT2D eigenvalue weighted by atomic mass is 19.1. The number of aliphatic hydroxyl groups excluding tert-OH is 1. The summed E-state index contributed by atoms with van der Waals surface area (Å²) in [6.07, 6.45) is 2.99. The summed E-state index contributed by atoms with van der Waals surface area (Å²) in [5, 5.41) is 20.2. The minimum Gasteiger partial charge on any atom is -0.389 e. The average Bonchev–Trinajstić information content (AvgIpc) is 2.75. The molecule has 0 saturated heterocycles. The monoisotopic (exact) mass is 267 g/mol. The number of nitrogens with zero attached hydrogens (tertiary/aromatic N) is 1. The molecule has 0 radical (unpaired) electrons. The van der Waals surface area contributed by atoms with Gasteiger partial charge in [0.15, 0.2) is 0 Å². The number of hydrogen-bond donors (Lipinski definition) is 2. The SMILES string of the molecule is C[C@H](O)c1cc(F)ccc1N(C)CC1(O)CCCC1. The molecular formula is C15H22FNO2. The highest BCUT2D eigenvalue weighted by Gasteiger charge is 2.32. The van der Waals surface area contributed by atoms with E-state index in [2.05, 4.69) is 0 Å². The molecule has 1 saturated carbocycles. The Bertz CT molecular complexity index is 442. The summed E-state index contributed by atoms with van der Waals surface area (Å²) in [7, 11) is 1.87. The van der Waals surface area contributed by atoms with Crippen LogP contribution in [0.5, 0.6) is 0 Å². The van der Waals surface area contributed by atoms with Crippen molar-refractivity contribution in [2.45, 2.75) is 44.3 Å². The van der Waals surface area contributed by atoms with Gasteiger partial charge in [0.2, 0.25) is 0 Å². The molecule has 0 aromatic heterocycles. The fourth-order valence-corrected chi connectivity index (χ4v) is 2.93. The van der Waals surface area contributed by atoms with E-state index in [1.807, 2.05) is 11.9 Å². The fourth-order valence-electron chi connectivity index (χ4n) is 2.93. The number of likely N-dealkylation sites (N-methyl/N-ethyl adjacent to an activating group) is 1. The van der Waals surface area contributed by atoms with Crippen molar-refractivity contribution in [3.05, 3.63) is 29.6 Å². The van der Waals surface area contributed by atoms with Crippen molar-refractivity contribution in [3.63, 3.8) is 0 Å². The molecule has 1 fully saturated rings. The second-order valence-electron chi connectivity index (χ2n) is 5.67. The highest BCUT2D eigenvalue weighted by Crippen LogP contribution is 2.33. The summed E-state index contributed by atoms with van der Waals surface area (Å²) in [6.45, 7) is 2.13. The molecule has 1 atom stereocenters. The van der Waals surface area contributed by atoms with Crippen molar-refractivity contribution < 1.29 is 14.6 Å². The molecule has 0 bridgehead atoms. The van der Waals surface area contributed by atoms with E-state index >= 15 is 0 Å². The topological polar surface area (TPSA) is 43.7 Å². The molecule has 4 heteroatoms. The van der Waals surface area contributed by atoms with Crippen molar-refractivity contribution in [1.29, 1.82) is 0 Å². The molecule has 0 aliphatic heterocycles. The molecule has 106 valence electrons. The molecular weight excluding hydrogens is 245 g/mol. The maximum Gasteiger partial charge on any atom is 0.123 e. The lowest BCUT2D eigenvalue weighted by molar-refractivity contribution is 0.0558. The minimum atomic E-state index is -0.730. The number of halogens is 1. The molecule has 0 spiro atoms. The predicted octanol–water partition coefficient (Wildman–Crippen LogP) is 2.62. The zero-order valence-corrected chi connectivity index (χ0v) is 11.6. The summed E-state index contributed by atoms with van der Waals surface area (Å²) in [4.78, 5) is 1.91. The van der Waals surface area contributed by atoms with Gasteiger partial charge in [-0.05, 0) is 38.0 Å². The fraction of sp³-hybridized carbons (Fsp3) is 0.600. The van der Waals surface area contributed by atoms with Crippen molar-refractivity contribution in [2.24, 2.45) is 0 Å². The molecule has 0 unspecified atom stereocenters. The first-order chi connectivity index (χ1) is 8.91. The van der Waals surface area contributed by atoms with Gasteiger partial charge in [0.1, 0.15) is 5.82 Å². The third kappa shape index (κ3) is 3.25. The number of rotatable bonds is 4. The van der Waals surface area contributed by atoms with Crippen molar-refractivity contribution in [3.8, 4) is 0 Å². The molecule has 3 nitrogen and oxygen atoms in total. The molecule has 1 aromatic rings. The van der Waals surface area contributed by atoms with E-state index in [9.17, 15) is 14.6 Å². The first kappa shape index (κ1) is 14.3. The predicted molar refractivity (Wildman–Crippen MR) is 73.7 cm³/mol. The smallest absolute Gasteiger partial charge is 0.123 e. The number of anilines is 1. The van der Waals surface area contributed by atoms with Crippen LogP contribution in [0.3, 0.4) is 0 Å². The second kappa shape index (κ2) is 5.47. The van der Waals surface area contributed by atoms with Crippen LogP contribution in [0.2, 0.25) is 0 Å². The molecule has 1 aliphatic rings. The second-order valence-corrected chi connectivity index (χ2v) is 5.67. The Hall–Kier alpha value is -1.13. The van der Waals surface area contributed by atoms with Crippen LogP contribution in [0, 0.1) is 5.82 Å². The lowest BCUT2D eigenvalue weighted by Crippen LogP contribution is -2.39. The summed E-state index contributed by atoms with van der Waals surface area (Å²) < 4.78 is 13.3. The number of hydrogen-bond acceptors (Lipinski definition) is 3. The van der Waals surface area contributed by atoms with Crippen LogP contribution in [0.15, 0.2) is 18.2 Å². The molecule has 0 heterocycles. The lowest BCUT2D eigenvalue weighted by Gasteiger charge is -2.31. The lowest BCUT2D eigenvalue weighted by atomic mass is 10.0. The molecule has 0 amide bonds. The van der Waals surface area contributed by atoms with Gasteiger partial charge < -0.3 is 15.1 Å². The Balaban J connectivity index is 2.20. The van der Waals surface area contributed by atoms with E-state index in [-0.39, 0.29) is 5.82 Å². The highest BCUT2D eigenvalue weighted by molar-refractivity contribution is 5.54. The van der Waals surface area contributed by atoms with Crippen molar-refractivity contribution >= 4 is 5.69 Å². The quantitative estimate of drug-likeness (QED) is 0.881. The molecule has 19 heavy (non-hydrogen) atoms. The van der Waals surface area contributed by atoms with E-state index in [1.165, 1.54) is 12.1 Å². The minimum absolute atomic E-state index is 0.354. The summed E-state index contributed by atoms with van der Waals surface area (Å²) in [5.41, 5.74) is 0.680. The van der Waals surface area contributed by atoms with E-state index in [1.54, 1.807) is 13.0 Å². The summed E-state index contributed by atoms with van der Waals surface area (Å²) >= 11 is 0. The maximum absolute atomic E-state index is 13.3. The summed E-state index contributed by atoms with van der Waals surface area (Å²) in [5.74, 6) is -0.354. The van der Waals surface area contributed by atoms with Crippen molar-refractivity contribution in [1.82, 2.24) is 0 Å². The van der Waals surface area contributed by atoms with Gasteiger partial charge in [-0.15, -0.1) is 0 Å². The van der Waals surface area contributed by atoms with Gasteiger partial charge in [-0.2, -0.15) is 0 Å². The average molecular weight is 267 g/mol. The van der Waals surface area contributed by atoms with E-state index in [4.69, 9.17) is 0 Å². The Morgan fingerprint density at radius 3 is 2.58 bits per heavy atom. The van der Waals surface area contributed by atoms with Gasteiger partial charge in [0.25, 0.3) is 0 Å². The first-order valence-electron chi connectivity index (χ1n) is 6.82. The maximum atomic E-state index is 13.3. The Morgan fingerprint density at radius 1 is 1.37 bits per heavy atom. The van der Waals surface area contributed by atoms with Gasteiger partial charge in [-0.1, -0.05) is 12.8 Å². The standard InChI is InChI=1S/C15H22FNO2/c1-11(18)13-9-12(16)5-6-14(13)17(2)10-15(19)7-3-4-8-15/h5-6,9,11,18-19H,3-4,7-8,10H2,1-2H3/t11-/m0/s1. The van der Waals surface area contributed by atoms with Crippen LogP contribution in [0.25, 0.3) is 0 Å². The van der Waals surface area contributed by atoms with Gasteiger partial charge in [0.05, 0.1) is 11.7 Å². The van der Waals surface area contributed by atoms with Gasteiger partial charge >= 0.3 is 0 Å². The Labute approximate surface area is 113 Å². The first-order valence-corrected chi connectivity index (χ1v) is 6.82. The van der Waals surface area contributed by atoms with Gasteiger partial charge in [-0.3, -0.25) is 0 Å². The van der Waals surface area contributed by atoms with Gasteiger partial charge in [0, 0.05) is 24.8 Å². The molecule has 1 aromatic carbocycles. The van der Waals surface area contributed by atoms with Gasteiger partial charge in [-0.25, -0.2) is 4.39 Å². The zero-order valence-electron chi connectivity index (χ0n) is 11.6. The Kier molecular flexibility index (Phi) is 4.11. The normalized spacial score (nSPS) is 19.4. The van der Waals surface area contributed by atoms with Crippen LogP contribution in [0.4, 0.5) is 10.1 Å². The van der Waals surface area contributed by atoms with Crippen molar-refractivity contribution in [2.75, 3.05) is 18.5 Å². The van der Waals surface area contributed by atoms with Crippen LogP contribution in [-0.2, 0) is 0 Å². The summed E-state index contributed by atoms with van der Waals surface area (Å²) in [6, 6.07) is 4.40. The van der Waals surface area contributed by atoms with Crippen LogP contribution < -0.4 is 4.90 Å². The van der Waals surface area contributed by atoms with Crippen LogP contribution >= 0.6 is 0 Å². The molecule has 2 rings (SSSR count). The number of benzene rings is 1. The van der Waals surface area contributed by atoms with E-state index < -0.39 is 11.7 Å². The molecule has 1 aliphatic carbocycles. The third-order valence-corrected chi connectivity index (χ3v) is 3.92.